The lowest BCUT2D eigenvalue weighted by Crippen LogP contribution is -2.13. The molecule has 0 fully saturated rings. The Hall–Kier alpha value is -2.36. The van der Waals surface area contributed by atoms with Gasteiger partial charge in [0.2, 0.25) is 0 Å². The van der Waals surface area contributed by atoms with Gasteiger partial charge in [0.15, 0.2) is 0 Å². The third-order valence-electron chi connectivity index (χ3n) is 3.09. The molecule has 0 aliphatic rings. The zero-order valence-corrected chi connectivity index (χ0v) is 11.7. The Morgan fingerprint density at radius 3 is 2.45 bits per heavy atom. The first-order valence-corrected chi connectivity index (χ1v) is 6.23. The number of ether oxygens (including phenoxy) is 1. The molecule has 0 saturated heterocycles. The SMILES string of the molecule is COc1ccc(NC(=O)c2ccc(F)cc2C)cc1C. The van der Waals surface area contributed by atoms with Crippen molar-refractivity contribution >= 4 is 11.6 Å². The monoisotopic (exact) mass is 273 g/mol. The highest BCUT2D eigenvalue weighted by molar-refractivity contribution is 6.05. The first kappa shape index (κ1) is 14.1. The molecule has 0 aromatic heterocycles. The van der Waals surface area contributed by atoms with Crippen LogP contribution >= 0.6 is 0 Å². The fraction of sp³-hybridized carbons (Fsp3) is 0.188. The average molecular weight is 273 g/mol. The van der Waals surface area contributed by atoms with Gasteiger partial charge >= 0.3 is 0 Å². The lowest BCUT2D eigenvalue weighted by atomic mass is 10.1. The van der Waals surface area contributed by atoms with Gasteiger partial charge in [-0.1, -0.05) is 0 Å². The van der Waals surface area contributed by atoms with Gasteiger partial charge in [-0.3, -0.25) is 4.79 Å². The Balaban J connectivity index is 2.21. The molecule has 0 radical (unpaired) electrons. The topological polar surface area (TPSA) is 38.3 Å². The van der Waals surface area contributed by atoms with Crippen LogP contribution in [0.15, 0.2) is 36.4 Å². The first-order chi connectivity index (χ1) is 9.51. The number of carbonyl (C=O) groups excluding carboxylic acids is 1. The highest BCUT2D eigenvalue weighted by Gasteiger charge is 2.10. The second-order valence-electron chi connectivity index (χ2n) is 4.60. The molecule has 0 aliphatic heterocycles. The molecule has 0 heterocycles. The van der Waals surface area contributed by atoms with Gasteiger partial charge in [-0.15, -0.1) is 0 Å². The molecule has 0 spiro atoms. The van der Waals surface area contributed by atoms with Gasteiger partial charge < -0.3 is 10.1 Å². The van der Waals surface area contributed by atoms with E-state index in [1.54, 1.807) is 26.2 Å². The maximum absolute atomic E-state index is 13.0. The van der Waals surface area contributed by atoms with E-state index < -0.39 is 0 Å². The zero-order valence-electron chi connectivity index (χ0n) is 11.7. The summed E-state index contributed by atoms with van der Waals surface area (Å²) in [4.78, 5) is 12.1. The van der Waals surface area contributed by atoms with E-state index in [1.165, 1.54) is 18.2 Å². The quantitative estimate of drug-likeness (QED) is 0.926. The van der Waals surface area contributed by atoms with Gasteiger partial charge in [-0.2, -0.15) is 0 Å². The number of anilines is 1. The number of hydrogen-bond donors (Lipinski definition) is 1. The number of benzene rings is 2. The molecule has 1 amide bonds. The molecule has 3 nitrogen and oxygen atoms in total. The molecule has 2 aromatic carbocycles. The highest BCUT2D eigenvalue weighted by atomic mass is 19.1. The van der Waals surface area contributed by atoms with Crippen molar-refractivity contribution in [3.05, 3.63) is 58.9 Å². The number of carbonyl (C=O) groups is 1. The van der Waals surface area contributed by atoms with E-state index in [2.05, 4.69) is 5.32 Å². The number of aryl methyl sites for hydroxylation is 2. The van der Waals surface area contributed by atoms with E-state index in [-0.39, 0.29) is 11.7 Å². The lowest BCUT2D eigenvalue weighted by molar-refractivity contribution is 0.102. The summed E-state index contributed by atoms with van der Waals surface area (Å²) >= 11 is 0. The second kappa shape index (κ2) is 5.74. The van der Waals surface area contributed by atoms with E-state index in [1.807, 2.05) is 13.0 Å². The smallest absolute Gasteiger partial charge is 0.255 e. The Morgan fingerprint density at radius 1 is 1.10 bits per heavy atom. The summed E-state index contributed by atoms with van der Waals surface area (Å²) in [5.41, 5.74) is 2.67. The van der Waals surface area contributed by atoms with E-state index in [0.717, 1.165) is 11.3 Å². The Kier molecular flexibility index (Phi) is 4.03. The van der Waals surface area contributed by atoms with Crippen molar-refractivity contribution in [1.29, 1.82) is 0 Å². The molecular formula is C16H16FNO2. The van der Waals surface area contributed by atoms with Crippen molar-refractivity contribution in [3.8, 4) is 5.75 Å². The van der Waals surface area contributed by atoms with Crippen molar-refractivity contribution in [2.45, 2.75) is 13.8 Å². The summed E-state index contributed by atoms with van der Waals surface area (Å²) in [6.45, 7) is 3.61. The number of nitrogens with one attached hydrogen (secondary N) is 1. The van der Waals surface area contributed by atoms with Gasteiger partial charge in [-0.05, 0) is 61.4 Å². The van der Waals surface area contributed by atoms with Crippen LogP contribution in [0.5, 0.6) is 5.75 Å². The summed E-state index contributed by atoms with van der Waals surface area (Å²) in [7, 11) is 1.60. The van der Waals surface area contributed by atoms with Gasteiger partial charge in [-0.25, -0.2) is 4.39 Å². The van der Waals surface area contributed by atoms with Crippen LogP contribution in [0.3, 0.4) is 0 Å². The zero-order chi connectivity index (χ0) is 14.7. The number of halogens is 1. The van der Waals surface area contributed by atoms with Crippen LogP contribution in [0.4, 0.5) is 10.1 Å². The molecule has 0 aliphatic carbocycles. The van der Waals surface area contributed by atoms with Crippen LogP contribution in [0.1, 0.15) is 21.5 Å². The van der Waals surface area contributed by atoms with Gasteiger partial charge in [0.25, 0.3) is 5.91 Å². The normalized spacial score (nSPS) is 10.2. The molecule has 0 atom stereocenters. The molecule has 1 N–H and O–H groups in total. The van der Waals surface area contributed by atoms with Crippen LogP contribution < -0.4 is 10.1 Å². The number of methoxy groups -OCH3 is 1. The lowest BCUT2D eigenvalue weighted by Gasteiger charge is -2.10. The second-order valence-corrected chi connectivity index (χ2v) is 4.60. The van der Waals surface area contributed by atoms with Crippen molar-refractivity contribution in [1.82, 2.24) is 0 Å². The van der Waals surface area contributed by atoms with E-state index >= 15 is 0 Å². The van der Waals surface area contributed by atoms with Crippen molar-refractivity contribution < 1.29 is 13.9 Å². The third kappa shape index (κ3) is 2.96. The largest absolute Gasteiger partial charge is 0.496 e. The van der Waals surface area contributed by atoms with E-state index in [0.29, 0.717) is 16.8 Å². The molecule has 2 aromatic rings. The molecule has 104 valence electrons. The molecular weight excluding hydrogens is 257 g/mol. The van der Waals surface area contributed by atoms with E-state index in [9.17, 15) is 9.18 Å². The van der Waals surface area contributed by atoms with Gasteiger partial charge in [0, 0.05) is 11.3 Å². The Morgan fingerprint density at radius 2 is 1.85 bits per heavy atom. The van der Waals surface area contributed by atoms with Crippen molar-refractivity contribution in [2.24, 2.45) is 0 Å². The van der Waals surface area contributed by atoms with Crippen LogP contribution in [0.2, 0.25) is 0 Å². The van der Waals surface area contributed by atoms with Gasteiger partial charge in [0.1, 0.15) is 11.6 Å². The van der Waals surface area contributed by atoms with Crippen LogP contribution in [-0.4, -0.2) is 13.0 Å². The van der Waals surface area contributed by atoms with Crippen molar-refractivity contribution in [3.63, 3.8) is 0 Å². The summed E-state index contributed by atoms with van der Waals surface area (Å²) in [5.74, 6) is 0.160. The van der Waals surface area contributed by atoms with Crippen LogP contribution in [-0.2, 0) is 0 Å². The number of rotatable bonds is 3. The molecule has 0 unspecified atom stereocenters. The highest BCUT2D eigenvalue weighted by Crippen LogP contribution is 2.22. The standard InChI is InChI=1S/C16H16FNO2/c1-10-8-12(17)4-6-14(10)16(19)18-13-5-7-15(20-3)11(2)9-13/h4-9H,1-3H3,(H,18,19). The fourth-order valence-electron chi connectivity index (χ4n) is 2.04. The van der Waals surface area contributed by atoms with Crippen LogP contribution in [0.25, 0.3) is 0 Å². The number of amides is 1. The fourth-order valence-corrected chi connectivity index (χ4v) is 2.04. The maximum Gasteiger partial charge on any atom is 0.255 e. The van der Waals surface area contributed by atoms with Gasteiger partial charge in [0.05, 0.1) is 7.11 Å². The average Bonchev–Trinajstić information content (AvgIpc) is 2.38. The molecule has 4 heteroatoms. The molecule has 20 heavy (non-hydrogen) atoms. The number of hydrogen-bond acceptors (Lipinski definition) is 2. The molecule has 2 rings (SSSR count). The van der Waals surface area contributed by atoms with Crippen LogP contribution in [0, 0.1) is 19.7 Å². The Bertz CT molecular complexity index is 653. The minimum Gasteiger partial charge on any atom is -0.496 e. The molecule has 0 bridgehead atoms. The summed E-state index contributed by atoms with van der Waals surface area (Å²) in [6.07, 6.45) is 0. The predicted octanol–water partition coefficient (Wildman–Crippen LogP) is 3.70. The summed E-state index contributed by atoms with van der Waals surface area (Å²) in [6, 6.07) is 9.49. The van der Waals surface area contributed by atoms with Crippen molar-refractivity contribution in [2.75, 3.05) is 12.4 Å². The van der Waals surface area contributed by atoms with E-state index in [4.69, 9.17) is 4.74 Å². The molecule has 0 saturated carbocycles. The third-order valence-corrected chi connectivity index (χ3v) is 3.09. The Labute approximate surface area is 117 Å². The maximum atomic E-state index is 13.0. The summed E-state index contributed by atoms with van der Waals surface area (Å²) < 4.78 is 18.2. The summed E-state index contributed by atoms with van der Waals surface area (Å²) in [5, 5.41) is 2.79. The minimum atomic E-state index is -0.348. The first-order valence-electron chi connectivity index (χ1n) is 6.23. The minimum absolute atomic E-state index is 0.257. The predicted molar refractivity (Wildman–Crippen MR) is 76.8 cm³/mol.